The molecule has 0 radical (unpaired) electrons. The Balaban J connectivity index is -0.0000000231. The third-order valence-electron chi connectivity index (χ3n) is 0. The van der Waals surface area contributed by atoms with Crippen molar-refractivity contribution in [1.29, 1.82) is 0 Å². The minimum absolute atomic E-state index is 0. The van der Waals surface area contributed by atoms with Crippen LogP contribution in [0.15, 0.2) is 0 Å². The van der Waals surface area contributed by atoms with E-state index in [2.05, 4.69) is 13.8 Å². The van der Waals surface area contributed by atoms with E-state index < -0.39 is 0 Å². The van der Waals surface area contributed by atoms with Crippen LogP contribution in [0.5, 0.6) is 0 Å². The van der Waals surface area contributed by atoms with E-state index in [1.165, 1.54) is 6.42 Å². The maximum atomic E-state index is 2.12. The fraction of sp³-hybridized carbons (Fsp3) is 1.00. The Morgan fingerprint density at radius 3 is 0.615 bits per heavy atom. The van der Waals surface area contributed by atoms with Crippen molar-refractivity contribution in [3.05, 3.63) is 0 Å². The van der Waals surface area contributed by atoms with Gasteiger partial charge in [0, 0.05) is 0 Å². The second-order valence-electron chi connectivity index (χ2n) is 3.39. The van der Waals surface area contributed by atoms with Crippen molar-refractivity contribution >= 4 is 0 Å². The molecule has 0 aliphatic carbocycles. The summed E-state index contributed by atoms with van der Waals surface area (Å²) in [7, 11) is 12.0. The summed E-state index contributed by atoms with van der Waals surface area (Å²) in [5.74, 6) is 0. The van der Waals surface area contributed by atoms with Crippen molar-refractivity contribution < 1.29 is 0 Å². The highest BCUT2D eigenvalue weighted by Gasteiger charge is 1.58. The molecule has 0 aromatic rings. The first kappa shape index (κ1) is 29.3. The van der Waals surface area contributed by atoms with Crippen molar-refractivity contribution in [3.63, 3.8) is 0 Å². The number of nitrogens with zero attached hydrogens (tertiary/aromatic N) is 2. The van der Waals surface area contributed by atoms with Crippen LogP contribution in [0.3, 0.4) is 0 Å². The van der Waals surface area contributed by atoms with Crippen LogP contribution in [0.4, 0.5) is 0 Å². The van der Waals surface area contributed by atoms with Crippen LogP contribution in [-0.2, 0) is 0 Å². The van der Waals surface area contributed by atoms with Gasteiger partial charge in [0.1, 0.15) is 0 Å². The topological polar surface area (TPSA) is 6.48 Å². The maximum absolute atomic E-state index is 2.12. The molecule has 0 saturated carbocycles. The molecule has 0 aliphatic rings. The summed E-state index contributed by atoms with van der Waals surface area (Å²) in [6.07, 6.45) is 1.25. The molecule has 0 rings (SSSR count). The van der Waals surface area contributed by atoms with E-state index >= 15 is 0 Å². The van der Waals surface area contributed by atoms with E-state index in [-0.39, 0.29) is 14.9 Å². The van der Waals surface area contributed by atoms with Gasteiger partial charge in [-0.1, -0.05) is 35.1 Å². The number of rotatable bonds is 0. The van der Waals surface area contributed by atoms with Crippen molar-refractivity contribution in [3.8, 4) is 0 Å². The first-order valence-corrected chi connectivity index (χ1v) is 4.10. The van der Waals surface area contributed by atoms with Gasteiger partial charge in [-0.2, -0.15) is 0 Å². The van der Waals surface area contributed by atoms with Crippen molar-refractivity contribution in [2.75, 3.05) is 42.3 Å². The van der Waals surface area contributed by atoms with Crippen molar-refractivity contribution in [2.45, 2.75) is 35.1 Å². The van der Waals surface area contributed by atoms with E-state index in [1.54, 1.807) is 0 Å². The molecule has 0 aromatic carbocycles. The Bertz CT molecular complexity index is 31.8. The maximum Gasteiger partial charge on any atom is -0.0140 e. The molecule has 0 saturated heterocycles. The fourth-order valence-electron chi connectivity index (χ4n) is 0. The van der Waals surface area contributed by atoms with Gasteiger partial charge >= 0.3 is 0 Å². The average Bonchev–Trinajstić information content (AvgIpc) is 1.60. The van der Waals surface area contributed by atoms with Gasteiger partial charge < -0.3 is 9.80 Å². The third-order valence-corrected chi connectivity index (χ3v) is 0. The quantitative estimate of drug-likeness (QED) is 0.585. The molecule has 0 unspecified atom stereocenters. The van der Waals surface area contributed by atoms with Crippen LogP contribution in [0.25, 0.3) is 0 Å². The molecule has 0 fully saturated rings. The van der Waals surface area contributed by atoms with Crippen LogP contribution in [0.2, 0.25) is 0 Å². The zero-order valence-electron chi connectivity index (χ0n) is 9.60. The Morgan fingerprint density at radius 2 is 0.615 bits per heavy atom. The first-order chi connectivity index (χ1) is 4.88. The fourth-order valence-corrected chi connectivity index (χ4v) is 0. The number of hydrogen-bond acceptors (Lipinski definition) is 2. The molecule has 0 spiro atoms. The molecule has 0 heterocycles. The van der Waals surface area contributed by atoms with Gasteiger partial charge in [-0.15, -0.1) is 0 Å². The predicted molar refractivity (Wildman–Crippen MR) is 68.6 cm³/mol. The largest absolute Gasteiger partial charge is 0.312 e. The molecular weight excluding hydrogens is 160 g/mol. The summed E-state index contributed by atoms with van der Waals surface area (Å²) in [4.78, 5) is 4.00. The summed E-state index contributed by atoms with van der Waals surface area (Å²) >= 11 is 0. The van der Waals surface area contributed by atoms with E-state index in [9.17, 15) is 0 Å². The molecule has 0 N–H and O–H groups in total. The van der Waals surface area contributed by atoms with Gasteiger partial charge in [0.15, 0.2) is 0 Å². The Morgan fingerprint density at radius 1 is 0.615 bits per heavy atom. The molecule has 0 aromatic heterocycles. The van der Waals surface area contributed by atoms with Gasteiger partial charge in [-0.25, -0.2) is 0 Å². The Kier molecular flexibility index (Phi) is 66.8. The lowest BCUT2D eigenvalue weighted by Crippen LogP contribution is -1.99. The van der Waals surface area contributed by atoms with Gasteiger partial charge in [-0.05, 0) is 42.3 Å². The standard InChI is InChI=1S/2C3H9N.C3H8.2CH4/c2*1-4(2)3;1-3-2;;/h2*1-3H3;3H2,1-2H3;2*1H4. The van der Waals surface area contributed by atoms with Crippen LogP contribution in [-0.4, -0.2) is 52.1 Å². The van der Waals surface area contributed by atoms with Gasteiger partial charge in [-0.3, -0.25) is 0 Å². The van der Waals surface area contributed by atoms with Crippen molar-refractivity contribution in [2.24, 2.45) is 0 Å². The molecule has 88 valence electrons. The van der Waals surface area contributed by atoms with Gasteiger partial charge in [0.05, 0.1) is 0 Å². The zero-order valence-corrected chi connectivity index (χ0v) is 9.60. The first-order valence-electron chi connectivity index (χ1n) is 4.10. The Labute approximate surface area is 87.9 Å². The molecule has 0 atom stereocenters. The van der Waals surface area contributed by atoms with Crippen molar-refractivity contribution in [1.82, 2.24) is 9.80 Å². The molecule has 0 amide bonds. The third kappa shape index (κ3) is 183000. The monoisotopic (exact) mass is 194 g/mol. The van der Waals surface area contributed by atoms with Crippen LogP contribution in [0, 0.1) is 0 Å². The second-order valence-corrected chi connectivity index (χ2v) is 3.39. The highest BCUT2D eigenvalue weighted by molar-refractivity contribution is 4.09. The lowest BCUT2D eigenvalue weighted by molar-refractivity contribution is 0.505. The minimum Gasteiger partial charge on any atom is -0.312 e. The van der Waals surface area contributed by atoms with Crippen LogP contribution < -0.4 is 0 Å². The average molecular weight is 194 g/mol. The van der Waals surface area contributed by atoms with Crippen LogP contribution in [0.1, 0.15) is 35.1 Å². The second kappa shape index (κ2) is 29.7. The lowest BCUT2D eigenvalue weighted by Gasteiger charge is -1.90. The summed E-state index contributed by atoms with van der Waals surface area (Å²) in [6, 6.07) is 0. The van der Waals surface area contributed by atoms with E-state index in [0.717, 1.165) is 0 Å². The summed E-state index contributed by atoms with van der Waals surface area (Å²) in [6.45, 7) is 4.25. The van der Waals surface area contributed by atoms with E-state index in [0.29, 0.717) is 0 Å². The molecule has 0 bridgehead atoms. The highest BCUT2D eigenvalue weighted by Crippen LogP contribution is 1.56. The lowest BCUT2D eigenvalue weighted by atomic mass is 10.6. The van der Waals surface area contributed by atoms with E-state index in [4.69, 9.17) is 0 Å². The highest BCUT2D eigenvalue weighted by atomic mass is 15.0. The smallest absolute Gasteiger partial charge is 0.0140 e. The molecule has 2 heteroatoms. The summed E-state index contributed by atoms with van der Waals surface area (Å²) in [5.41, 5.74) is 0. The molecule has 2 nitrogen and oxygen atoms in total. The summed E-state index contributed by atoms with van der Waals surface area (Å²) < 4.78 is 0. The van der Waals surface area contributed by atoms with Gasteiger partial charge in [0.25, 0.3) is 0 Å². The number of hydrogen-bond donors (Lipinski definition) is 0. The van der Waals surface area contributed by atoms with Crippen LogP contribution >= 0.6 is 0 Å². The van der Waals surface area contributed by atoms with Gasteiger partial charge in [0.2, 0.25) is 0 Å². The predicted octanol–water partition coefficient (Wildman–Crippen LogP) is 3.04. The Hall–Kier alpha value is -0.0800. The summed E-state index contributed by atoms with van der Waals surface area (Å²) in [5, 5.41) is 0. The minimum atomic E-state index is 0. The zero-order chi connectivity index (χ0) is 9.86. The molecule has 0 aliphatic heterocycles. The van der Waals surface area contributed by atoms with E-state index in [1.807, 2.05) is 52.1 Å². The molecule has 13 heavy (non-hydrogen) atoms. The molecular formula is C11H34N2. The SMILES string of the molecule is C.C.CCC.CN(C)C.CN(C)C. The normalized spacial score (nSPS) is 6.92.